The smallest absolute Gasteiger partial charge is 0.0440 e. The van der Waals surface area contributed by atoms with Crippen LogP contribution in [0.5, 0.6) is 0 Å². The van der Waals surface area contributed by atoms with Gasteiger partial charge in [-0.25, -0.2) is 0 Å². The highest BCUT2D eigenvalue weighted by Crippen LogP contribution is 2.30. The third kappa shape index (κ3) is 2.48. The summed E-state index contributed by atoms with van der Waals surface area (Å²) >= 11 is 0. The summed E-state index contributed by atoms with van der Waals surface area (Å²) in [4.78, 5) is 4.26. The minimum atomic E-state index is 1.22. The Kier molecular flexibility index (Phi) is 3.56. The van der Waals surface area contributed by atoms with E-state index >= 15 is 0 Å². The number of benzene rings is 2. The van der Waals surface area contributed by atoms with E-state index in [-0.39, 0.29) is 0 Å². The highest BCUT2D eigenvalue weighted by molar-refractivity contribution is 5.79. The molecule has 0 N–H and O–H groups in total. The van der Waals surface area contributed by atoms with E-state index in [1.165, 1.54) is 22.5 Å². The van der Waals surface area contributed by atoms with E-state index in [9.17, 15) is 0 Å². The molecule has 0 heterocycles. The predicted octanol–water partition coefficient (Wildman–Crippen LogP) is 3.49. The van der Waals surface area contributed by atoms with Gasteiger partial charge in [0.15, 0.2) is 0 Å². The predicted molar refractivity (Wildman–Crippen MR) is 80.5 cm³/mol. The van der Waals surface area contributed by atoms with Crippen molar-refractivity contribution in [2.24, 2.45) is 0 Å². The van der Waals surface area contributed by atoms with Crippen molar-refractivity contribution in [2.45, 2.75) is 0 Å². The third-order valence-corrected chi connectivity index (χ3v) is 3.08. The lowest BCUT2D eigenvalue weighted by molar-refractivity contribution is 1.13. The zero-order valence-electron chi connectivity index (χ0n) is 11.5. The van der Waals surface area contributed by atoms with Crippen molar-refractivity contribution < 1.29 is 0 Å². The van der Waals surface area contributed by atoms with Crippen LogP contribution in [0, 0.1) is 0 Å². The summed E-state index contributed by atoms with van der Waals surface area (Å²) in [6, 6.07) is 17.1. The van der Waals surface area contributed by atoms with E-state index in [0.29, 0.717) is 0 Å². The maximum absolute atomic E-state index is 2.18. The highest BCUT2D eigenvalue weighted by atomic mass is 15.1. The Labute approximate surface area is 109 Å². The summed E-state index contributed by atoms with van der Waals surface area (Å²) in [7, 11) is 8.27. The summed E-state index contributed by atoms with van der Waals surface area (Å²) in [5.74, 6) is 0. The highest BCUT2D eigenvalue weighted by Gasteiger charge is 2.06. The van der Waals surface area contributed by atoms with Crippen LogP contribution >= 0.6 is 0 Å². The number of nitrogens with zero attached hydrogens (tertiary/aromatic N) is 2. The number of hydrogen-bond donors (Lipinski definition) is 0. The fraction of sp³-hybridized carbons (Fsp3) is 0.250. The van der Waals surface area contributed by atoms with Gasteiger partial charge in [0.1, 0.15) is 0 Å². The molecule has 0 aromatic heterocycles. The topological polar surface area (TPSA) is 6.48 Å². The van der Waals surface area contributed by atoms with Gasteiger partial charge >= 0.3 is 0 Å². The fourth-order valence-corrected chi connectivity index (χ4v) is 2.05. The molecule has 2 aromatic rings. The van der Waals surface area contributed by atoms with E-state index < -0.39 is 0 Å². The molecule has 0 saturated carbocycles. The average Bonchev–Trinajstić information content (AvgIpc) is 2.39. The fourth-order valence-electron chi connectivity index (χ4n) is 2.05. The normalized spacial score (nSPS) is 10.2. The monoisotopic (exact) mass is 240 g/mol. The van der Waals surface area contributed by atoms with Crippen LogP contribution in [-0.4, -0.2) is 28.2 Å². The van der Waals surface area contributed by atoms with Crippen molar-refractivity contribution >= 4 is 11.4 Å². The largest absolute Gasteiger partial charge is 0.378 e. The van der Waals surface area contributed by atoms with Gasteiger partial charge < -0.3 is 9.80 Å². The molecular formula is C16H20N2. The van der Waals surface area contributed by atoms with Gasteiger partial charge in [-0.2, -0.15) is 0 Å². The molecule has 0 aliphatic rings. The quantitative estimate of drug-likeness (QED) is 0.810. The molecule has 2 heteroatoms. The molecule has 0 aliphatic carbocycles. The minimum absolute atomic E-state index is 1.22. The Morgan fingerprint density at radius 3 is 1.83 bits per heavy atom. The molecule has 0 spiro atoms. The summed E-state index contributed by atoms with van der Waals surface area (Å²) in [5.41, 5.74) is 4.99. The van der Waals surface area contributed by atoms with Crippen LogP contribution < -0.4 is 9.80 Å². The van der Waals surface area contributed by atoms with Gasteiger partial charge in [-0.3, -0.25) is 0 Å². The molecule has 0 radical (unpaired) electrons. The van der Waals surface area contributed by atoms with Crippen molar-refractivity contribution in [3.63, 3.8) is 0 Å². The standard InChI is InChI=1S/C16H20N2/c1-17(2)14-11-9-13(10-12-14)15-7-5-6-8-16(15)18(3)4/h5-12H,1-4H3. The molecular weight excluding hydrogens is 220 g/mol. The van der Waals surface area contributed by atoms with Gasteiger partial charge in [0.2, 0.25) is 0 Å². The van der Waals surface area contributed by atoms with Gasteiger partial charge in [-0.1, -0.05) is 30.3 Å². The van der Waals surface area contributed by atoms with Crippen LogP contribution in [0.25, 0.3) is 11.1 Å². The SMILES string of the molecule is CN(C)c1ccc(-c2ccccc2N(C)C)cc1. The Hall–Kier alpha value is -1.96. The van der Waals surface area contributed by atoms with Gasteiger partial charge in [0.25, 0.3) is 0 Å². The van der Waals surface area contributed by atoms with Crippen molar-refractivity contribution in [3.05, 3.63) is 48.5 Å². The Bertz CT molecular complexity index is 513. The van der Waals surface area contributed by atoms with Crippen molar-refractivity contribution in [1.82, 2.24) is 0 Å². The molecule has 2 rings (SSSR count). The Balaban J connectivity index is 2.43. The second-order valence-corrected chi connectivity index (χ2v) is 4.85. The minimum Gasteiger partial charge on any atom is -0.378 e. The number of rotatable bonds is 3. The molecule has 2 nitrogen and oxygen atoms in total. The van der Waals surface area contributed by atoms with Crippen LogP contribution in [-0.2, 0) is 0 Å². The first-order chi connectivity index (χ1) is 8.59. The summed E-state index contributed by atoms with van der Waals surface area (Å²) < 4.78 is 0. The average molecular weight is 240 g/mol. The van der Waals surface area contributed by atoms with E-state index in [0.717, 1.165) is 0 Å². The lowest BCUT2D eigenvalue weighted by atomic mass is 10.0. The zero-order chi connectivity index (χ0) is 13.1. The maximum Gasteiger partial charge on any atom is 0.0440 e. The first-order valence-corrected chi connectivity index (χ1v) is 6.13. The van der Waals surface area contributed by atoms with Crippen LogP contribution in [0.2, 0.25) is 0 Å². The van der Waals surface area contributed by atoms with Gasteiger partial charge in [-0.15, -0.1) is 0 Å². The van der Waals surface area contributed by atoms with Crippen molar-refractivity contribution in [2.75, 3.05) is 38.0 Å². The molecule has 94 valence electrons. The van der Waals surface area contributed by atoms with Crippen LogP contribution in [0.3, 0.4) is 0 Å². The van der Waals surface area contributed by atoms with E-state index in [2.05, 4.69) is 86.5 Å². The summed E-state index contributed by atoms with van der Waals surface area (Å²) in [6.07, 6.45) is 0. The molecule has 0 saturated heterocycles. The maximum atomic E-state index is 2.18. The zero-order valence-corrected chi connectivity index (χ0v) is 11.5. The van der Waals surface area contributed by atoms with Crippen LogP contribution in [0.15, 0.2) is 48.5 Å². The van der Waals surface area contributed by atoms with Crippen LogP contribution in [0.4, 0.5) is 11.4 Å². The molecule has 0 atom stereocenters. The first kappa shape index (κ1) is 12.5. The first-order valence-electron chi connectivity index (χ1n) is 6.13. The van der Waals surface area contributed by atoms with Crippen LogP contribution in [0.1, 0.15) is 0 Å². The summed E-state index contributed by atoms with van der Waals surface area (Å²) in [5, 5.41) is 0. The van der Waals surface area contributed by atoms with Gasteiger partial charge in [0.05, 0.1) is 0 Å². The lowest BCUT2D eigenvalue weighted by Gasteiger charge is -2.18. The van der Waals surface area contributed by atoms with Crippen molar-refractivity contribution in [1.29, 1.82) is 0 Å². The van der Waals surface area contributed by atoms with E-state index in [1.54, 1.807) is 0 Å². The molecule has 2 aromatic carbocycles. The van der Waals surface area contributed by atoms with E-state index in [4.69, 9.17) is 0 Å². The molecule has 0 bridgehead atoms. The van der Waals surface area contributed by atoms with Crippen molar-refractivity contribution in [3.8, 4) is 11.1 Å². The second-order valence-electron chi connectivity index (χ2n) is 4.85. The lowest BCUT2D eigenvalue weighted by Crippen LogP contribution is -2.10. The second kappa shape index (κ2) is 5.13. The van der Waals surface area contributed by atoms with E-state index in [1.807, 2.05) is 0 Å². The molecule has 0 fully saturated rings. The molecule has 0 amide bonds. The van der Waals surface area contributed by atoms with Gasteiger partial charge in [0, 0.05) is 45.1 Å². The Morgan fingerprint density at radius 2 is 1.28 bits per heavy atom. The number of anilines is 2. The molecule has 0 aliphatic heterocycles. The van der Waals surface area contributed by atoms with Gasteiger partial charge in [-0.05, 0) is 23.8 Å². The number of para-hydroxylation sites is 1. The Morgan fingerprint density at radius 1 is 0.667 bits per heavy atom. The molecule has 18 heavy (non-hydrogen) atoms. The molecule has 0 unspecified atom stereocenters. The third-order valence-electron chi connectivity index (χ3n) is 3.08. The summed E-state index contributed by atoms with van der Waals surface area (Å²) in [6.45, 7) is 0. The number of hydrogen-bond acceptors (Lipinski definition) is 2.